The van der Waals surface area contributed by atoms with Crippen LogP contribution in [0.4, 0.5) is 10.1 Å². The van der Waals surface area contributed by atoms with Crippen molar-refractivity contribution in [1.29, 1.82) is 0 Å². The molecule has 26 heavy (non-hydrogen) atoms. The second kappa shape index (κ2) is 8.76. The highest BCUT2D eigenvalue weighted by Gasteiger charge is 2.18. The Morgan fingerprint density at radius 1 is 1.19 bits per heavy atom. The monoisotopic (exact) mass is 356 g/mol. The van der Waals surface area contributed by atoms with Crippen LogP contribution in [0.15, 0.2) is 48.8 Å². The SMILES string of the molecule is C[C@H](CCN1CCN(c2ccc(F)cc2)CC1)NC(=O)c1cccnc1. The van der Waals surface area contributed by atoms with E-state index < -0.39 is 0 Å². The van der Waals surface area contributed by atoms with Crippen molar-refractivity contribution in [3.8, 4) is 0 Å². The number of aromatic nitrogens is 1. The van der Waals surface area contributed by atoms with E-state index in [-0.39, 0.29) is 17.8 Å². The molecule has 0 spiro atoms. The number of anilines is 1. The van der Waals surface area contributed by atoms with E-state index in [1.807, 2.05) is 19.1 Å². The Balaban J connectivity index is 1.39. The van der Waals surface area contributed by atoms with Crippen LogP contribution in [0.1, 0.15) is 23.7 Å². The van der Waals surface area contributed by atoms with Crippen molar-refractivity contribution < 1.29 is 9.18 Å². The Kier molecular flexibility index (Phi) is 6.17. The molecule has 0 radical (unpaired) electrons. The first-order valence-electron chi connectivity index (χ1n) is 9.05. The third-order valence-corrected chi connectivity index (χ3v) is 4.74. The van der Waals surface area contributed by atoms with Crippen LogP contribution in [-0.4, -0.2) is 54.6 Å². The summed E-state index contributed by atoms with van der Waals surface area (Å²) in [4.78, 5) is 20.8. The number of hydrogen-bond donors (Lipinski definition) is 1. The van der Waals surface area contributed by atoms with Crippen LogP contribution < -0.4 is 10.2 Å². The minimum absolute atomic E-state index is 0.0771. The zero-order valence-electron chi connectivity index (χ0n) is 15.1. The molecule has 0 saturated carbocycles. The molecule has 0 aliphatic carbocycles. The lowest BCUT2D eigenvalue weighted by molar-refractivity contribution is 0.0935. The molecular formula is C20H25FN4O. The van der Waals surface area contributed by atoms with E-state index in [1.165, 1.54) is 12.1 Å². The number of benzene rings is 1. The smallest absolute Gasteiger partial charge is 0.253 e. The molecule has 2 aromatic rings. The average molecular weight is 356 g/mol. The molecule has 1 amide bonds. The molecule has 1 N–H and O–H groups in total. The molecule has 0 bridgehead atoms. The van der Waals surface area contributed by atoms with Gasteiger partial charge < -0.3 is 10.2 Å². The van der Waals surface area contributed by atoms with Crippen molar-refractivity contribution in [1.82, 2.24) is 15.2 Å². The van der Waals surface area contributed by atoms with Crippen molar-refractivity contribution in [3.05, 3.63) is 60.2 Å². The Bertz CT molecular complexity index is 700. The summed E-state index contributed by atoms with van der Waals surface area (Å²) in [6.07, 6.45) is 4.14. The fourth-order valence-electron chi connectivity index (χ4n) is 3.13. The van der Waals surface area contributed by atoms with E-state index in [9.17, 15) is 9.18 Å². The summed E-state index contributed by atoms with van der Waals surface area (Å²) >= 11 is 0. The number of carbonyl (C=O) groups excluding carboxylic acids is 1. The Morgan fingerprint density at radius 2 is 1.92 bits per heavy atom. The average Bonchev–Trinajstić information content (AvgIpc) is 2.68. The fourth-order valence-corrected chi connectivity index (χ4v) is 3.13. The van der Waals surface area contributed by atoms with Crippen LogP contribution in [0.3, 0.4) is 0 Å². The summed E-state index contributed by atoms with van der Waals surface area (Å²) in [6, 6.07) is 10.3. The maximum atomic E-state index is 13.0. The van der Waals surface area contributed by atoms with Gasteiger partial charge in [-0.25, -0.2) is 4.39 Å². The maximum absolute atomic E-state index is 13.0. The molecule has 1 atom stereocenters. The van der Waals surface area contributed by atoms with E-state index in [1.54, 1.807) is 24.5 Å². The maximum Gasteiger partial charge on any atom is 0.253 e. The third kappa shape index (κ3) is 5.02. The van der Waals surface area contributed by atoms with Gasteiger partial charge in [-0.15, -0.1) is 0 Å². The van der Waals surface area contributed by atoms with Gasteiger partial charge in [0.25, 0.3) is 5.91 Å². The second-order valence-corrected chi connectivity index (χ2v) is 6.71. The molecule has 2 heterocycles. The summed E-state index contributed by atoms with van der Waals surface area (Å²) in [5.41, 5.74) is 1.66. The number of nitrogens with one attached hydrogen (secondary N) is 1. The quantitative estimate of drug-likeness (QED) is 0.864. The van der Waals surface area contributed by atoms with Crippen LogP contribution in [-0.2, 0) is 0 Å². The summed E-state index contributed by atoms with van der Waals surface area (Å²) < 4.78 is 13.0. The summed E-state index contributed by atoms with van der Waals surface area (Å²) in [5.74, 6) is -0.276. The van der Waals surface area contributed by atoms with Gasteiger partial charge in [0.15, 0.2) is 0 Å². The van der Waals surface area contributed by atoms with E-state index >= 15 is 0 Å². The van der Waals surface area contributed by atoms with Crippen LogP contribution in [0.2, 0.25) is 0 Å². The van der Waals surface area contributed by atoms with Crippen molar-refractivity contribution in [2.45, 2.75) is 19.4 Å². The number of nitrogens with zero attached hydrogens (tertiary/aromatic N) is 3. The number of piperazine rings is 1. The molecule has 1 aromatic carbocycles. The zero-order valence-corrected chi connectivity index (χ0v) is 15.1. The van der Waals surface area contributed by atoms with Gasteiger partial charge in [-0.05, 0) is 49.7 Å². The van der Waals surface area contributed by atoms with Crippen LogP contribution in [0.5, 0.6) is 0 Å². The lowest BCUT2D eigenvalue weighted by Crippen LogP contribution is -2.47. The molecule has 1 aromatic heterocycles. The van der Waals surface area contributed by atoms with Crippen LogP contribution in [0, 0.1) is 5.82 Å². The number of rotatable bonds is 6. The summed E-state index contributed by atoms with van der Waals surface area (Å²) in [7, 11) is 0. The highest BCUT2D eigenvalue weighted by Crippen LogP contribution is 2.17. The van der Waals surface area contributed by atoms with Crippen LogP contribution in [0.25, 0.3) is 0 Å². The largest absolute Gasteiger partial charge is 0.369 e. The molecule has 0 unspecified atom stereocenters. The van der Waals surface area contributed by atoms with Crippen molar-refractivity contribution in [2.75, 3.05) is 37.6 Å². The van der Waals surface area contributed by atoms with Gasteiger partial charge in [-0.2, -0.15) is 0 Å². The van der Waals surface area contributed by atoms with Gasteiger partial charge in [0.05, 0.1) is 5.56 Å². The van der Waals surface area contributed by atoms with Crippen LogP contribution >= 0.6 is 0 Å². The lowest BCUT2D eigenvalue weighted by atomic mass is 10.2. The molecule has 5 nitrogen and oxygen atoms in total. The first kappa shape index (κ1) is 18.3. The second-order valence-electron chi connectivity index (χ2n) is 6.71. The van der Waals surface area contributed by atoms with E-state index in [4.69, 9.17) is 0 Å². The Morgan fingerprint density at radius 3 is 2.58 bits per heavy atom. The fraction of sp³-hybridized carbons (Fsp3) is 0.400. The van der Waals surface area contributed by atoms with Gasteiger partial charge in [0.1, 0.15) is 5.82 Å². The predicted octanol–water partition coefficient (Wildman–Crippen LogP) is 2.55. The van der Waals surface area contributed by atoms with Crippen molar-refractivity contribution >= 4 is 11.6 Å². The molecule has 1 saturated heterocycles. The van der Waals surface area contributed by atoms with Gasteiger partial charge in [0.2, 0.25) is 0 Å². The molecule has 1 aliphatic rings. The number of hydrogen-bond acceptors (Lipinski definition) is 4. The third-order valence-electron chi connectivity index (χ3n) is 4.74. The number of halogens is 1. The Hall–Kier alpha value is -2.47. The Labute approximate surface area is 153 Å². The first-order chi connectivity index (χ1) is 12.6. The van der Waals surface area contributed by atoms with Gasteiger partial charge in [-0.1, -0.05) is 0 Å². The minimum atomic E-state index is -0.199. The topological polar surface area (TPSA) is 48.5 Å². The number of pyridine rings is 1. The van der Waals surface area contributed by atoms with Gasteiger partial charge in [0, 0.05) is 56.8 Å². The number of amides is 1. The normalized spacial score (nSPS) is 16.3. The van der Waals surface area contributed by atoms with Crippen molar-refractivity contribution in [3.63, 3.8) is 0 Å². The standard InChI is InChI=1S/C20H25FN4O/c1-16(23-20(26)17-3-2-9-22-15-17)8-10-24-11-13-25(14-12-24)19-6-4-18(21)5-7-19/h2-7,9,15-16H,8,10-14H2,1H3,(H,23,26)/t16-/m1/s1. The van der Waals surface area contributed by atoms with E-state index in [0.29, 0.717) is 5.56 Å². The summed E-state index contributed by atoms with van der Waals surface area (Å²) in [5, 5.41) is 3.02. The van der Waals surface area contributed by atoms with Crippen molar-refractivity contribution in [2.24, 2.45) is 0 Å². The van der Waals surface area contributed by atoms with E-state index in [2.05, 4.69) is 20.1 Å². The highest BCUT2D eigenvalue weighted by atomic mass is 19.1. The molecular weight excluding hydrogens is 331 g/mol. The van der Waals surface area contributed by atoms with Gasteiger partial charge in [-0.3, -0.25) is 14.7 Å². The molecule has 1 fully saturated rings. The number of carbonyl (C=O) groups is 1. The molecule has 138 valence electrons. The molecule has 1 aliphatic heterocycles. The highest BCUT2D eigenvalue weighted by molar-refractivity contribution is 5.93. The molecule has 6 heteroatoms. The zero-order chi connectivity index (χ0) is 18.4. The lowest BCUT2D eigenvalue weighted by Gasteiger charge is -2.36. The van der Waals surface area contributed by atoms with Gasteiger partial charge >= 0.3 is 0 Å². The minimum Gasteiger partial charge on any atom is -0.369 e. The predicted molar refractivity (Wildman–Crippen MR) is 101 cm³/mol. The summed E-state index contributed by atoms with van der Waals surface area (Å²) in [6.45, 7) is 6.79. The first-order valence-corrected chi connectivity index (χ1v) is 9.05. The molecule has 3 rings (SSSR count). The van der Waals surface area contributed by atoms with E-state index in [0.717, 1.165) is 44.8 Å².